The molecule has 19 heavy (non-hydrogen) atoms. The second kappa shape index (κ2) is 4.98. The standard InChI is InChI=1S/C13H23N3O2S/c1-12(2,3)11(18)16-6-4-5-13(8-16)15-9(7-19-13)10(14)17/h9,15H,4-8H2,1-3H3,(H2,14,17)/t9-,13?/m0/s1. The quantitative estimate of drug-likeness (QED) is 0.737. The first-order valence-electron chi connectivity index (χ1n) is 6.74. The molecule has 0 aromatic carbocycles. The molecular weight excluding hydrogens is 262 g/mol. The lowest BCUT2D eigenvalue weighted by molar-refractivity contribution is -0.141. The molecule has 2 rings (SSSR count). The molecule has 0 radical (unpaired) electrons. The molecule has 0 bridgehead atoms. The largest absolute Gasteiger partial charge is 0.368 e. The van der Waals surface area contributed by atoms with Gasteiger partial charge in [0.2, 0.25) is 11.8 Å². The number of primary amides is 1. The molecule has 0 aliphatic carbocycles. The Morgan fingerprint density at radius 1 is 1.42 bits per heavy atom. The third-order valence-corrected chi connectivity index (χ3v) is 5.19. The van der Waals surface area contributed by atoms with Crippen LogP contribution in [0.5, 0.6) is 0 Å². The lowest BCUT2D eigenvalue weighted by atomic mass is 9.92. The highest BCUT2D eigenvalue weighted by Gasteiger charge is 2.45. The van der Waals surface area contributed by atoms with Crippen LogP contribution in [-0.2, 0) is 9.59 Å². The van der Waals surface area contributed by atoms with Crippen LogP contribution in [0.25, 0.3) is 0 Å². The summed E-state index contributed by atoms with van der Waals surface area (Å²) in [5.41, 5.74) is 5.00. The number of rotatable bonds is 1. The van der Waals surface area contributed by atoms with Gasteiger partial charge in [-0.1, -0.05) is 20.8 Å². The third-order valence-electron chi connectivity index (χ3n) is 3.69. The second-order valence-corrected chi connectivity index (χ2v) is 7.89. The average molecular weight is 285 g/mol. The van der Waals surface area contributed by atoms with E-state index in [1.807, 2.05) is 25.7 Å². The Bertz CT molecular complexity index is 394. The number of hydrogen-bond acceptors (Lipinski definition) is 4. The van der Waals surface area contributed by atoms with Gasteiger partial charge in [0, 0.05) is 24.3 Å². The Morgan fingerprint density at radius 2 is 2.11 bits per heavy atom. The maximum absolute atomic E-state index is 12.4. The van der Waals surface area contributed by atoms with Crippen LogP contribution in [0.15, 0.2) is 0 Å². The number of hydrogen-bond donors (Lipinski definition) is 2. The van der Waals surface area contributed by atoms with Gasteiger partial charge in [-0.15, -0.1) is 11.8 Å². The van der Waals surface area contributed by atoms with E-state index in [0.717, 1.165) is 19.4 Å². The number of thioether (sulfide) groups is 1. The van der Waals surface area contributed by atoms with Gasteiger partial charge in [0.1, 0.15) is 0 Å². The van der Waals surface area contributed by atoms with Gasteiger partial charge in [0.05, 0.1) is 10.9 Å². The zero-order valence-corrected chi connectivity index (χ0v) is 12.7. The van der Waals surface area contributed by atoms with Crippen molar-refractivity contribution in [3.63, 3.8) is 0 Å². The highest BCUT2D eigenvalue weighted by atomic mass is 32.2. The van der Waals surface area contributed by atoms with Crippen LogP contribution in [0.3, 0.4) is 0 Å². The van der Waals surface area contributed by atoms with Gasteiger partial charge in [0.15, 0.2) is 0 Å². The van der Waals surface area contributed by atoms with Crippen molar-refractivity contribution in [3.05, 3.63) is 0 Å². The number of nitrogens with zero attached hydrogens (tertiary/aromatic N) is 1. The maximum atomic E-state index is 12.4. The molecule has 6 heteroatoms. The van der Waals surface area contributed by atoms with Crippen LogP contribution in [0, 0.1) is 5.41 Å². The molecule has 3 N–H and O–H groups in total. The van der Waals surface area contributed by atoms with Gasteiger partial charge >= 0.3 is 0 Å². The fraction of sp³-hybridized carbons (Fsp3) is 0.846. The van der Waals surface area contributed by atoms with Crippen molar-refractivity contribution in [2.45, 2.75) is 44.5 Å². The van der Waals surface area contributed by atoms with Crippen LogP contribution < -0.4 is 11.1 Å². The van der Waals surface area contributed by atoms with E-state index in [0.29, 0.717) is 12.3 Å². The topological polar surface area (TPSA) is 75.4 Å². The molecule has 5 nitrogen and oxygen atoms in total. The molecule has 1 spiro atoms. The zero-order chi connectivity index (χ0) is 14.3. The summed E-state index contributed by atoms with van der Waals surface area (Å²) in [5.74, 6) is 0.576. The van der Waals surface area contributed by atoms with E-state index >= 15 is 0 Å². The molecule has 0 aromatic rings. The summed E-state index contributed by atoms with van der Waals surface area (Å²) in [7, 11) is 0. The van der Waals surface area contributed by atoms with Crippen molar-refractivity contribution in [2.24, 2.45) is 11.1 Å². The van der Waals surface area contributed by atoms with E-state index in [1.54, 1.807) is 11.8 Å². The number of carbonyl (C=O) groups excluding carboxylic acids is 2. The Hall–Kier alpha value is -0.750. The molecular formula is C13H23N3O2S. The van der Waals surface area contributed by atoms with E-state index in [9.17, 15) is 9.59 Å². The first-order chi connectivity index (χ1) is 8.73. The van der Waals surface area contributed by atoms with E-state index in [4.69, 9.17) is 5.73 Å². The van der Waals surface area contributed by atoms with Crippen LogP contribution in [0.4, 0.5) is 0 Å². The molecule has 2 heterocycles. The summed E-state index contributed by atoms with van der Waals surface area (Å²) in [6.45, 7) is 7.30. The molecule has 2 atom stereocenters. The second-order valence-electron chi connectivity index (χ2n) is 6.48. The van der Waals surface area contributed by atoms with E-state index in [2.05, 4.69) is 5.32 Å². The number of likely N-dealkylation sites (tertiary alicyclic amines) is 1. The highest BCUT2D eigenvalue weighted by molar-refractivity contribution is 8.01. The summed E-state index contributed by atoms with van der Waals surface area (Å²) in [6, 6.07) is -0.269. The van der Waals surface area contributed by atoms with Crippen molar-refractivity contribution in [1.29, 1.82) is 0 Å². The molecule has 2 aliphatic heterocycles. The van der Waals surface area contributed by atoms with Crippen molar-refractivity contribution in [1.82, 2.24) is 10.2 Å². The number of piperidine rings is 1. The normalized spacial score (nSPS) is 31.7. The molecule has 2 aliphatic rings. The van der Waals surface area contributed by atoms with E-state index in [1.165, 1.54) is 0 Å². The van der Waals surface area contributed by atoms with Gasteiger partial charge in [-0.3, -0.25) is 14.9 Å². The van der Waals surface area contributed by atoms with Crippen molar-refractivity contribution in [2.75, 3.05) is 18.8 Å². The van der Waals surface area contributed by atoms with E-state index in [-0.39, 0.29) is 28.1 Å². The minimum atomic E-state index is -0.356. The first-order valence-corrected chi connectivity index (χ1v) is 7.72. The summed E-state index contributed by atoms with van der Waals surface area (Å²) < 4.78 is 0. The lowest BCUT2D eigenvalue weighted by Gasteiger charge is -2.42. The minimum absolute atomic E-state index is 0.177. The van der Waals surface area contributed by atoms with Gasteiger partial charge < -0.3 is 10.6 Å². The SMILES string of the molecule is CC(C)(C)C(=O)N1CCCC2(C1)N[C@H](C(N)=O)CS2. The van der Waals surface area contributed by atoms with Crippen LogP contribution >= 0.6 is 11.8 Å². The number of nitrogens with two attached hydrogens (primary N) is 1. The van der Waals surface area contributed by atoms with E-state index < -0.39 is 0 Å². The van der Waals surface area contributed by atoms with Gasteiger partial charge in [0.25, 0.3) is 0 Å². The van der Waals surface area contributed by atoms with Crippen molar-refractivity contribution in [3.8, 4) is 0 Å². The first kappa shape index (κ1) is 14.7. The Kier molecular flexibility index (Phi) is 3.84. The van der Waals surface area contributed by atoms with Crippen LogP contribution in [0.1, 0.15) is 33.6 Å². The summed E-state index contributed by atoms with van der Waals surface area (Å²) in [5, 5.41) is 3.34. The predicted molar refractivity (Wildman–Crippen MR) is 76.6 cm³/mol. The molecule has 0 saturated carbocycles. The Balaban J connectivity index is 2.06. The predicted octanol–water partition coefficient (Wildman–Crippen LogP) is 0.542. The monoisotopic (exact) mass is 285 g/mol. The fourth-order valence-electron chi connectivity index (χ4n) is 2.70. The molecule has 2 amide bonds. The van der Waals surface area contributed by atoms with Gasteiger partial charge in [-0.05, 0) is 12.8 Å². The average Bonchev–Trinajstić information content (AvgIpc) is 2.71. The minimum Gasteiger partial charge on any atom is -0.368 e. The lowest BCUT2D eigenvalue weighted by Crippen LogP contribution is -2.58. The summed E-state index contributed by atoms with van der Waals surface area (Å²) in [4.78, 5) is 25.4. The number of nitrogens with one attached hydrogen (secondary N) is 1. The van der Waals surface area contributed by atoms with Crippen molar-refractivity contribution >= 4 is 23.6 Å². The fourth-order valence-corrected chi connectivity index (χ4v) is 4.20. The molecule has 0 aromatic heterocycles. The highest BCUT2D eigenvalue weighted by Crippen LogP contribution is 2.38. The number of amides is 2. The molecule has 2 fully saturated rings. The Labute approximate surface area is 118 Å². The van der Waals surface area contributed by atoms with Crippen LogP contribution in [0.2, 0.25) is 0 Å². The molecule has 1 unspecified atom stereocenters. The summed E-state index contributed by atoms with van der Waals surface area (Å²) >= 11 is 1.73. The molecule has 2 saturated heterocycles. The van der Waals surface area contributed by atoms with Gasteiger partial charge in [-0.2, -0.15) is 0 Å². The van der Waals surface area contributed by atoms with Crippen molar-refractivity contribution < 1.29 is 9.59 Å². The third kappa shape index (κ3) is 3.05. The zero-order valence-electron chi connectivity index (χ0n) is 11.9. The maximum Gasteiger partial charge on any atom is 0.235 e. The Morgan fingerprint density at radius 3 is 2.63 bits per heavy atom. The molecule has 108 valence electrons. The smallest absolute Gasteiger partial charge is 0.235 e. The van der Waals surface area contributed by atoms with Gasteiger partial charge in [-0.25, -0.2) is 0 Å². The number of carbonyl (C=O) groups is 2. The van der Waals surface area contributed by atoms with Crippen LogP contribution in [-0.4, -0.2) is 46.5 Å². The summed E-state index contributed by atoms with van der Waals surface area (Å²) in [6.07, 6.45) is 1.95.